The van der Waals surface area contributed by atoms with Crippen molar-refractivity contribution in [1.82, 2.24) is 4.90 Å². The summed E-state index contributed by atoms with van der Waals surface area (Å²) in [7, 11) is 0. The molecule has 0 radical (unpaired) electrons. The number of halogens is 1. The van der Waals surface area contributed by atoms with Crippen molar-refractivity contribution in [2.24, 2.45) is 0 Å². The van der Waals surface area contributed by atoms with Gasteiger partial charge in [-0.25, -0.2) is 4.39 Å². The first-order valence-corrected chi connectivity index (χ1v) is 12.6. The van der Waals surface area contributed by atoms with E-state index in [4.69, 9.17) is 4.74 Å². The van der Waals surface area contributed by atoms with Crippen molar-refractivity contribution in [2.75, 3.05) is 6.61 Å². The van der Waals surface area contributed by atoms with Crippen LogP contribution in [-0.2, 0) is 16.1 Å². The minimum atomic E-state index is -0.734. The van der Waals surface area contributed by atoms with E-state index in [9.17, 15) is 19.1 Å². The molecule has 182 valence electrons. The number of carbonyl (C=O) groups excluding carboxylic acids is 2. The highest BCUT2D eigenvalue weighted by molar-refractivity contribution is 7.10. The van der Waals surface area contributed by atoms with Crippen LogP contribution in [0.1, 0.15) is 53.8 Å². The molecule has 0 saturated carbocycles. The third-order valence-corrected chi connectivity index (χ3v) is 7.17. The van der Waals surface area contributed by atoms with Crippen molar-refractivity contribution in [3.8, 4) is 5.75 Å². The van der Waals surface area contributed by atoms with Gasteiger partial charge >= 0.3 is 0 Å². The van der Waals surface area contributed by atoms with Gasteiger partial charge in [0.25, 0.3) is 11.7 Å². The van der Waals surface area contributed by atoms with E-state index in [1.165, 1.54) is 28.4 Å². The average Bonchev–Trinajstić information content (AvgIpc) is 3.39. The van der Waals surface area contributed by atoms with Gasteiger partial charge in [0, 0.05) is 17.0 Å². The number of carbonyl (C=O) groups is 2. The highest BCUT2D eigenvalue weighted by Crippen LogP contribution is 2.43. The number of ether oxygens (including phenoxy) is 1. The van der Waals surface area contributed by atoms with Crippen LogP contribution >= 0.6 is 11.3 Å². The number of Topliss-reactive ketones (excluding diaryl/α,β-unsaturated/α-hetero) is 1. The van der Waals surface area contributed by atoms with Gasteiger partial charge in [0.1, 0.15) is 23.4 Å². The van der Waals surface area contributed by atoms with Crippen LogP contribution in [0, 0.1) is 12.7 Å². The van der Waals surface area contributed by atoms with Gasteiger partial charge in [-0.15, -0.1) is 11.3 Å². The van der Waals surface area contributed by atoms with Crippen molar-refractivity contribution in [3.63, 3.8) is 0 Å². The molecule has 0 bridgehead atoms. The van der Waals surface area contributed by atoms with Crippen LogP contribution in [0.3, 0.4) is 0 Å². The Bertz CT molecular complexity index is 1230. The fourth-order valence-electron chi connectivity index (χ4n) is 4.17. The molecule has 7 heteroatoms. The van der Waals surface area contributed by atoms with Gasteiger partial charge in [0.2, 0.25) is 0 Å². The van der Waals surface area contributed by atoms with Crippen LogP contribution in [0.2, 0.25) is 0 Å². The fourth-order valence-corrected chi connectivity index (χ4v) is 5.22. The van der Waals surface area contributed by atoms with E-state index in [-0.39, 0.29) is 23.7 Å². The average molecular weight is 494 g/mol. The van der Waals surface area contributed by atoms with Gasteiger partial charge in [-0.3, -0.25) is 9.59 Å². The summed E-state index contributed by atoms with van der Waals surface area (Å²) in [6.45, 7) is 4.78. The zero-order valence-electron chi connectivity index (χ0n) is 19.8. The summed E-state index contributed by atoms with van der Waals surface area (Å²) in [6, 6.07) is 13.9. The van der Waals surface area contributed by atoms with E-state index in [2.05, 4.69) is 6.92 Å². The summed E-state index contributed by atoms with van der Waals surface area (Å²) in [5, 5.41) is 13.1. The van der Waals surface area contributed by atoms with Gasteiger partial charge in [0.15, 0.2) is 0 Å². The van der Waals surface area contributed by atoms with Crippen LogP contribution in [0.25, 0.3) is 5.76 Å². The number of rotatable bonds is 9. The standard InChI is InChI=1S/C28H28FNO4S/c1-3-4-5-15-34-22-12-8-20(9-13-22)25(31)23-24(27-18(2)14-16-35-27)30(28(33)26(23)32)17-19-6-10-21(29)11-7-19/h6-14,16,24,31H,3-5,15,17H2,1-2H3/b25-23-. The number of unbranched alkanes of at least 4 members (excludes halogenated alkanes) is 2. The molecule has 1 atom stereocenters. The molecular weight excluding hydrogens is 465 g/mol. The number of aliphatic hydroxyl groups is 1. The lowest BCUT2D eigenvalue weighted by atomic mass is 9.98. The van der Waals surface area contributed by atoms with Crippen LogP contribution in [0.5, 0.6) is 5.75 Å². The molecule has 3 aromatic rings. The van der Waals surface area contributed by atoms with Crippen LogP contribution < -0.4 is 4.74 Å². The summed E-state index contributed by atoms with van der Waals surface area (Å²) in [6.07, 6.45) is 3.18. The molecule has 5 nitrogen and oxygen atoms in total. The zero-order valence-corrected chi connectivity index (χ0v) is 20.6. The molecule has 1 aliphatic rings. The van der Waals surface area contributed by atoms with Crippen LogP contribution in [0.4, 0.5) is 4.39 Å². The molecule has 1 unspecified atom stereocenters. The van der Waals surface area contributed by atoms with E-state index in [1.807, 2.05) is 18.4 Å². The lowest BCUT2D eigenvalue weighted by molar-refractivity contribution is -0.140. The first kappa shape index (κ1) is 24.7. The van der Waals surface area contributed by atoms with E-state index in [0.29, 0.717) is 23.5 Å². The largest absolute Gasteiger partial charge is 0.507 e. The molecule has 1 saturated heterocycles. The SMILES string of the molecule is CCCCCOc1ccc(/C(O)=C2/C(=O)C(=O)N(Cc3ccc(F)cc3)C2c2sccc2C)cc1. The topological polar surface area (TPSA) is 66.8 Å². The Morgan fingerprint density at radius 1 is 1.06 bits per heavy atom. The Hall–Kier alpha value is -3.45. The summed E-state index contributed by atoms with van der Waals surface area (Å²) in [5.41, 5.74) is 2.11. The molecule has 1 amide bonds. The van der Waals surface area contributed by atoms with Crippen LogP contribution in [0.15, 0.2) is 65.6 Å². The quantitative estimate of drug-likeness (QED) is 0.162. The van der Waals surface area contributed by atoms with E-state index in [1.54, 1.807) is 36.4 Å². The number of aryl methyl sites for hydroxylation is 1. The third-order valence-electron chi connectivity index (χ3n) is 6.10. The number of hydrogen-bond donors (Lipinski definition) is 1. The molecule has 35 heavy (non-hydrogen) atoms. The van der Waals surface area contributed by atoms with E-state index >= 15 is 0 Å². The number of hydrogen-bond acceptors (Lipinski definition) is 5. The molecule has 2 heterocycles. The monoisotopic (exact) mass is 493 g/mol. The Morgan fingerprint density at radius 2 is 1.77 bits per heavy atom. The number of nitrogens with zero attached hydrogens (tertiary/aromatic N) is 1. The Balaban J connectivity index is 1.68. The highest BCUT2D eigenvalue weighted by atomic mass is 32.1. The fraction of sp³-hybridized carbons (Fsp3) is 0.286. The summed E-state index contributed by atoms with van der Waals surface area (Å²) in [4.78, 5) is 28.5. The smallest absolute Gasteiger partial charge is 0.295 e. The van der Waals surface area contributed by atoms with Crippen LogP contribution in [-0.4, -0.2) is 28.3 Å². The van der Waals surface area contributed by atoms with E-state index < -0.39 is 17.7 Å². The summed E-state index contributed by atoms with van der Waals surface area (Å²) >= 11 is 1.43. The summed E-state index contributed by atoms with van der Waals surface area (Å²) in [5.74, 6) is -1.34. The molecule has 1 N–H and O–H groups in total. The van der Waals surface area contributed by atoms with Crippen molar-refractivity contribution in [3.05, 3.63) is 92.9 Å². The van der Waals surface area contributed by atoms with Gasteiger partial charge in [-0.2, -0.15) is 0 Å². The van der Waals surface area contributed by atoms with Gasteiger partial charge in [0.05, 0.1) is 12.2 Å². The number of likely N-dealkylation sites (tertiary alicyclic amines) is 1. The van der Waals surface area contributed by atoms with Gasteiger partial charge in [-0.05, 0) is 72.3 Å². The Kier molecular flexibility index (Phi) is 7.66. The number of amides is 1. The molecule has 1 aromatic heterocycles. The third kappa shape index (κ3) is 5.30. The minimum Gasteiger partial charge on any atom is -0.507 e. The van der Waals surface area contributed by atoms with Crippen molar-refractivity contribution < 1.29 is 23.8 Å². The molecule has 4 rings (SSSR count). The maximum Gasteiger partial charge on any atom is 0.295 e. The molecule has 1 aliphatic heterocycles. The minimum absolute atomic E-state index is 0.0549. The van der Waals surface area contributed by atoms with E-state index in [0.717, 1.165) is 29.7 Å². The van der Waals surface area contributed by atoms with Crippen molar-refractivity contribution in [2.45, 2.75) is 45.7 Å². The molecular formula is C28H28FNO4S. The first-order chi connectivity index (χ1) is 16.9. The second-order valence-corrected chi connectivity index (χ2v) is 9.55. The summed E-state index contributed by atoms with van der Waals surface area (Å²) < 4.78 is 19.1. The Labute approximate surface area is 208 Å². The highest BCUT2D eigenvalue weighted by Gasteiger charge is 2.47. The molecule has 0 spiro atoms. The molecule has 1 fully saturated rings. The number of benzene rings is 2. The second kappa shape index (κ2) is 10.9. The second-order valence-electron chi connectivity index (χ2n) is 8.60. The maximum atomic E-state index is 13.4. The van der Waals surface area contributed by atoms with Gasteiger partial charge in [-0.1, -0.05) is 31.9 Å². The predicted molar refractivity (Wildman–Crippen MR) is 135 cm³/mol. The van der Waals surface area contributed by atoms with Gasteiger partial charge < -0.3 is 14.7 Å². The number of thiophene rings is 1. The lowest BCUT2D eigenvalue weighted by Crippen LogP contribution is -2.29. The Morgan fingerprint density at radius 3 is 2.40 bits per heavy atom. The lowest BCUT2D eigenvalue weighted by Gasteiger charge is -2.25. The number of aliphatic hydroxyl groups excluding tert-OH is 1. The normalized spacial score (nSPS) is 17.2. The maximum absolute atomic E-state index is 13.4. The van der Waals surface area contributed by atoms with Crippen molar-refractivity contribution >= 4 is 28.8 Å². The molecule has 2 aromatic carbocycles. The van der Waals surface area contributed by atoms with Crippen molar-refractivity contribution in [1.29, 1.82) is 0 Å². The molecule has 0 aliphatic carbocycles. The number of ketones is 1. The zero-order chi connectivity index (χ0) is 24.9. The predicted octanol–water partition coefficient (Wildman–Crippen LogP) is 6.39. The first-order valence-electron chi connectivity index (χ1n) is 11.7.